The topological polar surface area (TPSA) is 49.8 Å². The van der Waals surface area contributed by atoms with Crippen molar-refractivity contribution in [2.75, 3.05) is 19.6 Å². The number of rotatable bonds is 3. The molecule has 62 valence electrons. The van der Waals surface area contributed by atoms with Gasteiger partial charge < -0.3 is 9.94 Å². The van der Waals surface area contributed by atoms with Crippen LogP contribution in [0.2, 0.25) is 0 Å². The molecule has 0 aromatic heterocycles. The fourth-order valence-corrected chi connectivity index (χ4v) is 1.23. The predicted molar refractivity (Wildman–Crippen MR) is 41.8 cm³/mol. The Morgan fingerprint density at radius 2 is 2.55 bits per heavy atom. The molecule has 1 fully saturated rings. The van der Waals surface area contributed by atoms with E-state index in [1.807, 2.05) is 7.85 Å². The molecule has 0 saturated carbocycles. The number of carbonyl (C=O) groups is 1. The van der Waals surface area contributed by atoms with Crippen LogP contribution in [-0.2, 0) is 9.63 Å². The van der Waals surface area contributed by atoms with Gasteiger partial charge in [-0.05, 0) is 6.42 Å². The highest BCUT2D eigenvalue weighted by atomic mass is 16.7. The van der Waals surface area contributed by atoms with Crippen molar-refractivity contribution in [2.45, 2.75) is 6.42 Å². The first-order valence-corrected chi connectivity index (χ1v) is 3.84. The Balaban J connectivity index is 2.29. The van der Waals surface area contributed by atoms with Gasteiger partial charge in [0.1, 0.15) is 7.85 Å². The van der Waals surface area contributed by atoms with Crippen molar-refractivity contribution in [3.05, 3.63) is 0 Å². The molecule has 1 atom stereocenters. The van der Waals surface area contributed by atoms with E-state index in [1.165, 1.54) is 0 Å². The largest absolute Gasteiger partial charge is 0.481 e. The van der Waals surface area contributed by atoms with Crippen LogP contribution >= 0.6 is 0 Å². The van der Waals surface area contributed by atoms with Gasteiger partial charge in [0.15, 0.2) is 0 Å². The summed E-state index contributed by atoms with van der Waals surface area (Å²) in [6.45, 7) is 1.89. The highest BCUT2D eigenvalue weighted by Crippen LogP contribution is 2.15. The lowest BCUT2D eigenvalue weighted by atomic mass is 10.1. The van der Waals surface area contributed by atoms with Crippen LogP contribution in [0.25, 0.3) is 0 Å². The van der Waals surface area contributed by atoms with Crippen LogP contribution in [0.1, 0.15) is 6.42 Å². The highest BCUT2D eigenvalue weighted by Gasteiger charge is 2.28. The zero-order valence-corrected chi connectivity index (χ0v) is 6.62. The SMILES string of the molecule is BCON1CC[C@H](C(=O)O)C1. The minimum absolute atomic E-state index is 0.235. The lowest BCUT2D eigenvalue weighted by molar-refractivity contribution is -0.147. The second-order valence-electron chi connectivity index (χ2n) is 2.63. The van der Waals surface area contributed by atoms with Gasteiger partial charge in [-0.15, -0.1) is 0 Å². The van der Waals surface area contributed by atoms with Crippen LogP contribution in [0.5, 0.6) is 0 Å². The average Bonchev–Trinajstić information content (AvgIpc) is 2.37. The number of hydroxylamine groups is 2. The Bertz CT molecular complexity index is 153. The van der Waals surface area contributed by atoms with Gasteiger partial charge in [0.25, 0.3) is 0 Å². The van der Waals surface area contributed by atoms with Crippen molar-refractivity contribution in [2.24, 2.45) is 5.92 Å². The van der Waals surface area contributed by atoms with Crippen LogP contribution in [-0.4, -0.2) is 43.6 Å². The molecule has 1 aliphatic rings. The molecule has 1 heterocycles. The monoisotopic (exact) mass is 157 g/mol. The van der Waals surface area contributed by atoms with Gasteiger partial charge in [-0.25, -0.2) is 0 Å². The van der Waals surface area contributed by atoms with Crippen molar-refractivity contribution in [1.82, 2.24) is 5.06 Å². The van der Waals surface area contributed by atoms with Crippen molar-refractivity contribution in [3.8, 4) is 0 Å². The van der Waals surface area contributed by atoms with Crippen LogP contribution < -0.4 is 0 Å². The summed E-state index contributed by atoms with van der Waals surface area (Å²) in [6, 6.07) is 0. The van der Waals surface area contributed by atoms with Gasteiger partial charge in [0, 0.05) is 19.6 Å². The van der Waals surface area contributed by atoms with Gasteiger partial charge in [0.05, 0.1) is 5.92 Å². The molecule has 5 heteroatoms. The van der Waals surface area contributed by atoms with Gasteiger partial charge in [-0.2, -0.15) is 5.06 Å². The molecule has 0 aromatic carbocycles. The molecule has 0 unspecified atom stereocenters. The molecule has 11 heavy (non-hydrogen) atoms. The summed E-state index contributed by atoms with van der Waals surface area (Å²) in [5.74, 6) is -0.950. The van der Waals surface area contributed by atoms with Crippen molar-refractivity contribution in [3.63, 3.8) is 0 Å². The number of hydrogen-bond acceptors (Lipinski definition) is 3. The summed E-state index contributed by atoms with van der Waals surface area (Å²) in [7, 11) is 1.90. The maximum Gasteiger partial charge on any atom is 0.307 e. The number of carboxylic acid groups (broad SMARTS) is 1. The Kier molecular flexibility index (Phi) is 2.90. The third-order valence-electron chi connectivity index (χ3n) is 1.81. The first kappa shape index (κ1) is 8.55. The van der Waals surface area contributed by atoms with Gasteiger partial charge in [-0.3, -0.25) is 4.79 Å². The fraction of sp³-hybridized carbons (Fsp3) is 0.833. The molecular formula is C6H12BNO3. The molecule has 1 saturated heterocycles. The van der Waals surface area contributed by atoms with Crippen LogP contribution in [0.3, 0.4) is 0 Å². The zero-order chi connectivity index (χ0) is 8.27. The number of aliphatic carboxylic acids is 1. The molecule has 0 aromatic rings. The van der Waals surface area contributed by atoms with Gasteiger partial charge in [0.2, 0.25) is 0 Å². The molecule has 0 aliphatic carbocycles. The summed E-state index contributed by atoms with van der Waals surface area (Å²) in [5.41, 5.74) is 0. The van der Waals surface area contributed by atoms with Gasteiger partial charge in [-0.1, -0.05) is 0 Å². The van der Waals surface area contributed by atoms with E-state index in [1.54, 1.807) is 5.06 Å². The number of nitrogens with zero attached hydrogens (tertiary/aromatic N) is 1. The molecule has 4 nitrogen and oxygen atoms in total. The minimum atomic E-state index is -0.716. The Morgan fingerprint density at radius 3 is 3.00 bits per heavy atom. The number of hydrogen-bond donors (Lipinski definition) is 1. The first-order chi connectivity index (χ1) is 5.24. The number of carboxylic acids is 1. The summed E-state index contributed by atoms with van der Waals surface area (Å²) < 4.78 is 0. The molecule has 0 bridgehead atoms. The molecule has 0 spiro atoms. The van der Waals surface area contributed by atoms with Crippen LogP contribution in [0, 0.1) is 5.92 Å². The average molecular weight is 157 g/mol. The van der Waals surface area contributed by atoms with E-state index < -0.39 is 5.97 Å². The maximum atomic E-state index is 10.5. The van der Waals surface area contributed by atoms with Crippen molar-refractivity contribution < 1.29 is 14.7 Å². The summed E-state index contributed by atoms with van der Waals surface area (Å²) >= 11 is 0. The minimum Gasteiger partial charge on any atom is -0.481 e. The zero-order valence-electron chi connectivity index (χ0n) is 6.62. The Hall–Kier alpha value is -0.545. The molecule has 1 N–H and O–H groups in total. The quantitative estimate of drug-likeness (QED) is 0.529. The molecular weight excluding hydrogens is 145 g/mol. The highest BCUT2D eigenvalue weighted by molar-refractivity contribution is 6.08. The normalized spacial score (nSPS) is 25.6. The van der Waals surface area contributed by atoms with Crippen molar-refractivity contribution in [1.29, 1.82) is 0 Å². The lowest BCUT2D eigenvalue weighted by Gasteiger charge is -2.12. The van der Waals surface area contributed by atoms with E-state index in [0.717, 1.165) is 6.54 Å². The molecule has 0 radical (unpaired) electrons. The fourth-order valence-electron chi connectivity index (χ4n) is 1.23. The first-order valence-electron chi connectivity index (χ1n) is 3.84. The second kappa shape index (κ2) is 3.73. The van der Waals surface area contributed by atoms with Crippen molar-refractivity contribution >= 4 is 13.8 Å². The third kappa shape index (κ3) is 2.20. The van der Waals surface area contributed by atoms with E-state index in [9.17, 15) is 4.79 Å². The molecule has 1 aliphatic heterocycles. The second-order valence-corrected chi connectivity index (χ2v) is 2.63. The van der Waals surface area contributed by atoms with E-state index >= 15 is 0 Å². The summed E-state index contributed by atoms with van der Waals surface area (Å²) in [5, 5.41) is 10.3. The van der Waals surface area contributed by atoms with E-state index in [4.69, 9.17) is 9.94 Å². The van der Waals surface area contributed by atoms with E-state index in [-0.39, 0.29) is 5.92 Å². The standard InChI is InChI=1S/C6H12BNO3/c7-4-11-8-2-1-5(3-8)6(9)10/h5H,1-4,7H2,(H,9,10)/t5-/m0/s1. The van der Waals surface area contributed by atoms with Crippen LogP contribution in [0.15, 0.2) is 0 Å². The third-order valence-corrected chi connectivity index (χ3v) is 1.81. The van der Waals surface area contributed by atoms with Crippen LogP contribution in [0.4, 0.5) is 0 Å². The van der Waals surface area contributed by atoms with Gasteiger partial charge >= 0.3 is 5.97 Å². The lowest BCUT2D eigenvalue weighted by Crippen LogP contribution is -2.24. The smallest absolute Gasteiger partial charge is 0.307 e. The van der Waals surface area contributed by atoms with E-state index in [2.05, 4.69) is 0 Å². The Labute approximate surface area is 66.5 Å². The molecule has 0 amide bonds. The predicted octanol–water partition coefficient (Wildman–Crippen LogP) is -1.08. The molecule has 1 rings (SSSR count). The Morgan fingerprint density at radius 1 is 1.82 bits per heavy atom. The van der Waals surface area contributed by atoms with E-state index in [0.29, 0.717) is 19.5 Å². The summed E-state index contributed by atoms with van der Waals surface area (Å²) in [6.07, 6.45) is 0.704. The summed E-state index contributed by atoms with van der Waals surface area (Å²) in [4.78, 5) is 15.6. The maximum absolute atomic E-state index is 10.5.